The van der Waals surface area contributed by atoms with Crippen LogP contribution in [0.15, 0.2) is 24.3 Å². The number of methoxy groups -OCH3 is 6. The first-order valence-corrected chi connectivity index (χ1v) is 16.4. The number of esters is 1. The van der Waals surface area contributed by atoms with Crippen LogP contribution < -0.4 is 4.74 Å². The number of carbonyl (C=O) groups is 1. The Morgan fingerprint density at radius 1 is 0.978 bits per heavy atom. The van der Waals surface area contributed by atoms with Crippen LogP contribution in [0, 0.1) is 34.5 Å². The molecule has 1 aromatic rings. The molecule has 6 aliphatic rings. The summed E-state index contributed by atoms with van der Waals surface area (Å²) in [6.07, 6.45) is -4.57. The summed E-state index contributed by atoms with van der Waals surface area (Å²) < 4.78 is 43.0. The molecule has 1 aliphatic heterocycles. The van der Waals surface area contributed by atoms with Crippen molar-refractivity contribution in [2.75, 3.05) is 62.4 Å². The van der Waals surface area contributed by atoms with E-state index >= 15 is 0 Å². The minimum absolute atomic E-state index is 0.172. The predicted octanol–water partition coefficient (Wildman–Crippen LogP) is 0.740. The molecule has 0 amide bonds. The number of aliphatic hydroxyl groups is 3. The maximum atomic E-state index is 13.8. The van der Waals surface area contributed by atoms with Crippen LogP contribution in [0.3, 0.4) is 0 Å². The Kier molecular flexibility index (Phi) is 7.87. The van der Waals surface area contributed by atoms with E-state index in [1.807, 2.05) is 0 Å². The lowest BCUT2D eigenvalue weighted by molar-refractivity contribution is -0.325. The average Bonchev–Trinajstić information content (AvgIpc) is 3.43. The van der Waals surface area contributed by atoms with Gasteiger partial charge in [0.05, 0.1) is 37.6 Å². The zero-order valence-electron chi connectivity index (χ0n) is 27.8. The molecule has 1 saturated heterocycles. The Bertz CT molecular complexity index is 1330. The van der Waals surface area contributed by atoms with E-state index in [2.05, 4.69) is 11.8 Å². The van der Waals surface area contributed by atoms with Crippen LogP contribution in [-0.4, -0.2) is 142 Å². The average molecular weight is 648 g/mol. The van der Waals surface area contributed by atoms with E-state index in [0.29, 0.717) is 37.4 Å². The molecule has 7 rings (SSSR count). The summed E-state index contributed by atoms with van der Waals surface area (Å²) >= 11 is 0. The van der Waals surface area contributed by atoms with Gasteiger partial charge in [-0.1, -0.05) is 6.92 Å². The van der Waals surface area contributed by atoms with Crippen molar-refractivity contribution >= 4 is 5.97 Å². The van der Waals surface area contributed by atoms with Crippen LogP contribution in [0.25, 0.3) is 0 Å². The van der Waals surface area contributed by atoms with Crippen molar-refractivity contribution in [1.82, 2.24) is 4.90 Å². The van der Waals surface area contributed by atoms with Crippen molar-refractivity contribution in [2.24, 2.45) is 34.5 Å². The van der Waals surface area contributed by atoms with Gasteiger partial charge in [0, 0.05) is 83.1 Å². The molecule has 12 heteroatoms. The molecular weight excluding hydrogens is 598 g/mol. The topological polar surface area (TPSA) is 146 Å². The molecular formula is C34H49NO11. The van der Waals surface area contributed by atoms with Crippen LogP contribution >= 0.6 is 0 Å². The fourth-order valence-corrected chi connectivity index (χ4v) is 12.4. The monoisotopic (exact) mass is 647 g/mol. The lowest BCUT2D eigenvalue weighted by Crippen LogP contribution is -2.81. The SMILES string of the molecule is CCN1CC2(COC)C(O)CC(OC)C34[C@@H]5C[C@]6(O)C(OC(=O)c7ccc(OC)cc7)C5[C@@](OC)(C(C(OC)[C@H]23)[C@@H]14)C(O)[C@@H]6OC. The molecule has 46 heavy (non-hydrogen) atoms. The quantitative estimate of drug-likeness (QED) is 0.308. The van der Waals surface area contributed by atoms with Crippen molar-refractivity contribution in [1.29, 1.82) is 0 Å². The lowest BCUT2D eigenvalue weighted by Gasteiger charge is -2.70. The lowest BCUT2D eigenvalue weighted by atomic mass is 9.42. The minimum Gasteiger partial charge on any atom is -0.497 e. The van der Waals surface area contributed by atoms with Gasteiger partial charge in [-0.15, -0.1) is 0 Å². The normalized spacial score (nSPS) is 50.0. The number of hydrogen-bond donors (Lipinski definition) is 3. The fourth-order valence-electron chi connectivity index (χ4n) is 12.4. The number of aliphatic hydroxyl groups excluding tert-OH is 2. The highest BCUT2D eigenvalue weighted by Gasteiger charge is 2.91. The molecule has 256 valence electrons. The molecule has 7 bridgehead atoms. The van der Waals surface area contributed by atoms with Crippen molar-refractivity contribution in [3.63, 3.8) is 0 Å². The summed E-state index contributed by atoms with van der Waals surface area (Å²) in [4.78, 5) is 16.2. The maximum absolute atomic E-state index is 13.8. The van der Waals surface area contributed by atoms with Crippen LogP contribution in [0.4, 0.5) is 0 Å². The molecule has 5 aliphatic carbocycles. The largest absolute Gasteiger partial charge is 0.497 e. The van der Waals surface area contributed by atoms with E-state index in [4.69, 9.17) is 33.2 Å². The first-order valence-electron chi connectivity index (χ1n) is 16.4. The molecule has 1 spiro atoms. The number of likely N-dealkylation sites (tertiary alicyclic amines) is 1. The standard InChI is InChI=1S/C34H49NO11/c1-8-35-15-31(16-40-2)20(36)13-21(42-4)33-19-14-32(39)28(46-30(38)17-9-11-18(41-3)12-10-17)22(19)34(45-7,27(37)29(32)44-6)23(26(33)35)24(43-5)25(31)33/h9-12,19-29,36-37,39H,8,13-16H2,1-7H3/t19-,20?,21?,22?,23?,24?,25-,26-,27?,28?,29+,31?,32+,33?,34-/m1/s1. The van der Waals surface area contributed by atoms with Gasteiger partial charge in [0.25, 0.3) is 0 Å². The fraction of sp³-hybridized carbons (Fsp3) is 0.794. The summed E-state index contributed by atoms with van der Waals surface area (Å²) in [7, 11) is 9.61. The van der Waals surface area contributed by atoms with Gasteiger partial charge >= 0.3 is 5.97 Å². The molecule has 9 unspecified atom stereocenters. The Labute approximate surface area is 270 Å². The molecule has 5 saturated carbocycles. The second kappa shape index (κ2) is 11.1. The minimum atomic E-state index is -1.74. The Balaban J connectivity index is 1.47. The Morgan fingerprint density at radius 2 is 1.70 bits per heavy atom. The van der Waals surface area contributed by atoms with Gasteiger partial charge < -0.3 is 48.5 Å². The molecule has 1 aromatic carbocycles. The van der Waals surface area contributed by atoms with E-state index in [9.17, 15) is 20.1 Å². The van der Waals surface area contributed by atoms with Gasteiger partial charge in [0.1, 0.15) is 35.3 Å². The van der Waals surface area contributed by atoms with Gasteiger partial charge in [-0.2, -0.15) is 0 Å². The summed E-state index contributed by atoms with van der Waals surface area (Å²) in [6.45, 7) is 3.64. The Morgan fingerprint density at radius 3 is 2.26 bits per heavy atom. The molecule has 15 atom stereocenters. The summed E-state index contributed by atoms with van der Waals surface area (Å²) in [5.74, 6) is -1.73. The van der Waals surface area contributed by atoms with E-state index in [1.165, 1.54) is 7.11 Å². The molecule has 3 N–H and O–H groups in total. The number of piperidine rings is 1. The predicted molar refractivity (Wildman–Crippen MR) is 162 cm³/mol. The van der Waals surface area contributed by atoms with Crippen molar-refractivity contribution < 1.29 is 53.3 Å². The van der Waals surface area contributed by atoms with Crippen LogP contribution in [0.1, 0.15) is 30.1 Å². The summed E-state index contributed by atoms with van der Waals surface area (Å²) in [5.41, 5.74) is -4.16. The highest BCUT2D eigenvalue weighted by Crippen LogP contribution is 2.80. The molecule has 1 heterocycles. The third-order valence-electron chi connectivity index (χ3n) is 13.5. The third-order valence-corrected chi connectivity index (χ3v) is 13.5. The second-order valence-electron chi connectivity index (χ2n) is 14.4. The van der Waals surface area contributed by atoms with Crippen molar-refractivity contribution in [3.05, 3.63) is 29.8 Å². The first kappa shape index (κ1) is 32.7. The smallest absolute Gasteiger partial charge is 0.338 e. The van der Waals surface area contributed by atoms with Crippen LogP contribution in [0.5, 0.6) is 5.75 Å². The third kappa shape index (κ3) is 3.58. The first-order chi connectivity index (χ1) is 22.1. The number of nitrogens with zero attached hydrogens (tertiary/aromatic N) is 1. The van der Waals surface area contributed by atoms with Gasteiger partial charge in [-0.25, -0.2) is 4.79 Å². The van der Waals surface area contributed by atoms with Gasteiger partial charge in [-0.3, -0.25) is 4.90 Å². The number of hydrogen-bond acceptors (Lipinski definition) is 12. The number of carbonyl (C=O) groups excluding carboxylic acids is 1. The Hall–Kier alpha value is -1.87. The second-order valence-corrected chi connectivity index (χ2v) is 14.4. The van der Waals surface area contributed by atoms with Crippen molar-refractivity contribution in [3.8, 4) is 5.75 Å². The summed E-state index contributed by atoms with van der Waals surface area (Å²) in [5, 5.41) is 37.2. The maximum Gasteiger partial charge on any atom is 0.338 e. The van der Waals surface area contributed by atoms with Gasteiger partial charge in [-0.05, 0) is 43.1 Å². The van der Waals surface area contributed by atoms with E-state index in [-0.39, 0.29) is 24.3 Å². The highest BCUT2D eigenvalue weighted by atomic mass is 16.6. The van der Waals surface area contributed by atoms with Gasteiger partial charge in [0.2, 0.25) is 0 Å². The van der Waals surface area contributed by atoms with Crippen LogP contribution in [-0.2, 0) is 28.4 Å². The number of benzene rings is 1. The number of fused-ring (bicyclic) bond motifs is 2. The van der Waals surface area contributed by atoms with Crippen LogP contribution in [0.2, 0.25) is 0 Å². The number of ether oxygens (including phenoxy) is 7. The van der Waals surface area contributed by atoms with Crippen molar-refractivity contribution in [2.45, 2.75) is 73.6 Å². The zero-order valence-corrected chi connectivity index (χ0v) is 27.8. The summed E-state index contributed by atoms with van der Waals surface area (Å²) in [6, 6.07) is 6.43. The van der Waals surface area contributed by atoms with E-state index in [1.54, 1.807) is 59.8 Å². The van der Waals surface area contributed by atoms with E-state index in [0.717, 1.165) is 0 Å². The van der Waals surface area contributed by atoms with Gasteiger partial charge in [0.15, 0.2) is 0 Å². The molecule has 0 aromatic heterocycles. The number of rotatable bonds is 10. The zero-order chi connectivity index (χ0) is 33.0. The molecule has 12 nitrogen and oxygen atoms in total. The molecule has 0 radical (unpaired) electrons. The van der Waals surface area contributed by atoms with E-state index < -0.39 is 76.5 Å². The highest BCUT2D eigenvalue weighted by molar-refractivity contribution is 5.89. The molecule has 6 fully saturated rings.